The molecule has 0 unspecified atom stereocenters. The van der Waals surface area contributed by atoms with Gasteiger partial charge in [-0.1, -0.05) is 35.9 Å². The summed E-state index contributed by atoms with van der Waals surface area (Å²) in [5.74, 6) is 0.00888. The molecule has 2 aromatic rings. The Morgan fingerprint density at radius 3 is 2.67 bits per heavy atom. The van der Waals surface area contributed by atoms with E-state index in [1.165, 1.54) is 0 Å². The van der Waals surface area contributed by atoms with Gasteiger partial charge < -0.3 is 15.0 Å². The second-order valence-corrected chi connectivity index (χ2v) is 8.17. The van der Waals surface area contributed by atoms with E-state index in [1.54, 1.807) is 4.90 Å². The van der Waals surface area contributed by atoms with Crippen LogP contribution in [0, 0.1) is 0 Å². The van der Waals surface area contributed by atoms with Crippen molar-refractivity contribution < 1.29 is 14.3 Å². The molecule has 30 heavy (non-hydrogen) atoms. The summed E-state index contributed by atoms with van der Waals surface area (Å²) in [7, 11) is 0. The SMILES string of the molecule is C[C@H](C(=O)Nc1ccccc1N1CCCC1=O)N1CCO[C@@H](c2ccc(Cl)cc2)C1. The van der Waals surface area contributed by atoms with Crippen LogP contribution in [0.5, 0.6) is 0 Å². The molecular weight excluding hydrogens is 402 g/mol. The van der Waals surface area contributed by atoms with E-state index in [0.29, 0.717) is 43.4 Å². The van der Waals surface area contributed by atoms with Crippen molar-refractivity contribution in [3.8, 4) is 0 Å². The summed E-state index contributed by atoms with van der Waals surface area (Å²) in [4.78, 5) is 29.1. The van der Waals surface area contributed by atoms with Crippen LogP contribution in [0.1, 0.15) is 31.4 Å². The topological polar surface area (TPSA) is 61.9 Å². The Labute approximate surface area is 181 Å². The number of amides is 2. The van der Waals surface area contributed by atoms with Gasteiger partial charge in [-0.2, -0.15) is 0 Å². The first-order valence-corrected chi connectivity index (χ1v) is 10.7. The van der Waals surface area contributed by atoms with Gasteiger partial charge in [0, 0.05) is 31.1 Å². The average molecular weight is 428 g/mol. The van der Waals surface area contributed by atoms with Gasteiger partial charge in [0.05, 0.1) is 30.1 Å². The molecule has 0 aromatic heterocycles. The fourth-order valence-electron chi connectivity index (χ4n) is 4.02. The van der Waals surface area contributed by atoms with Crippen LogP contribution in [-0.4, -0.2) is 49.0 Å². The molecular formula is C23H26ClN3O3. The molecule has 2 fully saturated rings. The molecule has 2 heterocycles. The largest absolute Gasteiger partial charge is 0.371 e. The number of morpholine rings is 1. The van der Waals surface area contributed by atoms with Crippen LogP contribution in [0.3, 0.4) is 0 Å². The third-order valence-corrected chi connectivity index (χ3v) is 6.04. The molecule has 2 amide bonds. The van der Waals surface area contributed by atoms with Gasteiger partial charge in [-0.3, -0.25) is 14.5 Å². The van der Waals surface area contributed by atoms with Gasteiger partial charge in [-0.25, -0.2) is 0 Å². The molecule has 0 radical (unpaired) electrons. The Kier molecular flexibility index (Phi) is 6.37. The van der Waals surface area contributed by atoms with Gasteiger partial charge in [0.1, 0.15) is 0 Å². The van der Waals surface area contributed by atoms with E-state index in [4.69, 9.17) is 16.3 Å². The molecule has 2 aliphatic heterocycles. The van der Waals surface area contributed by atoms with Crippen LogP contribution in [0.2, 0.25) is 5.02 Å². The first-order chi connectivity index (χ1) is 14.5. The zero-order valence-electron chi connectivity index (χ0n) is 17.0. The molecule has 0 bridgehead atoms. The molecule has 0 aliphatic carbocycles. The lowest BCUT2D eigenvalue weighted by atomic mass is 10.1. The molecule has 6 nitrogen and oxygen atoms in total. The highest BCUT2D eigenvalue weighted by Gasteiger charge is 2.30. The number of carbonyl (C=O) groups is 2. The van der Waals surface area contributed by atoms with Crippen LogP contribution in [0.15, 0.2) is 48.5 Å². The van der Waals surface area contributed by atoms with Gasteiger partial charge in [-0.15, -0.1) is 0 Å². The van der Waals surface area contributed by atoms with E-state index in [-0.39, 0.29) is 24.0 Å². The number of hydrogen-bond donors (Lipinski definition) is 1. The first kappa shape index (κ1) is 20.8. The van der Waals surface area contributed by atoms with Crippen molar-refractivity contribution in [2.75, 3.05) is 36.5 Å². The molecule has 2 aromatic carbocycles. The maximum Gasteiger partial charge on any atom is 0.241 e. The summed E-state index contributed by atoms with van der Waals surface area (Å²) in [6.07, 6.45) is 1.30. The van der Waals surface area contributed by atoms with Crippen molar-refractivity contribution in [2.45, 2.75) is 31.9 Å². The molecule has 2 aliphatic rings. The molecule has 0 saturated carbocycles. The monoisotopic (exact) mass is 427 g/mol. The van der Waals surface area contributed by atoms with Crippen molar-refractivity contribution in [2.24, 2.45) is 0 Å². The van der Waals surface area contributed by atoms with Crippen LogP contribution in [-0.2, 0) is 14.3 Å². The highest BCUT2D eigenvalue weighted by molar-refractivity contribution is 6.30. The van der Waals surface area contributed by atoms with Crippen molar-refractivity contribution in [1.29, 1.82) is 0 Å². The summed E-state index contributed by atoms with van der Waals surface area (Å²) >= 11 is 5.99. The fourth-order valence-corrected chi connectivity index (χ4v) is 4.15. The van der Waals surface area contributed by atoms with E-state index in [0.717, 1.165) is 17.7 Å². The third kappa shape index (κ3) is 4.51. The summed E-state index contributed by atoms with van der Waals surface area (Å²) in [5, 5.41) is 3.72. The van der Waals surface area contributed by atoms with E-state index in [9.17, 15) is 9.59 Å². The second kappa shape index (κ2) is 9.16. The zero-order chi connectivity index (χ0) is 21.1. The van der Waals surface area contributed by atoms with E-state index >= 15 is 0 Å². The van der Waals surface area contributed by atoms with Gasteiger partial charge in [0.15, 0.2) is 0 Å². The number of rotatable bonds is 5. The lowest BCUT2D eigenvalue weighted by Crippen LogP contribution is -2.48. The Morgan fingerprint density at radius 1 is 1.17 bits per heavy atom. The minimum absolute atomic E-state index is 0.0918. The van der Waals surface area contributed by atoms with Crippen LogP contribution >= 0.6 is 11.6 Å². The smallest absolute Gasteiger partial charge is 0.241 e. The van der Waals surface area contributed by atoms with Crippen molar-refractivity contribution in [3.05, 3.63) is 59.1 Å². The maximum absolute atomic E-state index is 13.0. The van der Waals surface area contributed by atoms with E-state index < -0.39 is 0 Å². The van der Waals surface area contributed by atoms with E-state index in [1.807, 2.05) is 55.5 Å². The van der Waals surface area contributed by atoms with Crippen LogP contribution < -0.4 is 10.2 Å². The normalized spacial score (nSPS) is 20.9. The average Bonchev–Trinajstić information content (AvgIpc) is 3.20. The first-order valence-electron chi connectivity index (χ1n) is 10.3. The van der Waals surface area contributed by atoms with Crippen molar-refractivity contribution in [1.82, 2.24) is 4.90 Å². The number of para-hydroxylation sites is 2. The number of nitrogens with zero attached hydrogens (tertiary/aromatic N) is 2. The number of carbonyl (C=O) groups excluding carboxylic acids is 2. The standard InChI is InChI=1S/C23H26ClN3O3/c1-16(26-13-14-30-21(15-26)17-8-10-18(24)11-9-17)23(29)25-19-5-2-3-6-20(19)27-12-4-7-22(27)28/h2-3,5-6,8-11,16,21H,4,7,12-15H2,1H3,(H,25,29)/t16-,21-/m1/s1. The predicted octanol–water partition coefficient (Wildman–Crippen LogP) is 3.87. The summed E-state index contributed by atoms with van der Waals surface area (Å²) in [6, 6.07) is 14.8. The quantitative estimate of drug-likeness (QED) is 0.786. The Hall–Kier alpha value is -2.41. The van der Waals surface area contributed by atoms with Gasteiger partial charge in [0.25, 0.3) is 0 Å². The molecule has 0 spiro atoms. The number of nitrogens with one attached hydrogen (secondary N) is 1. The van der Waals surface area contributed by atoms with Gasteiger partial charge in [-0.05, 0) is 43.2 Å². The minimum atomic E-state index is -0.328. The molecule has 1 N–H and O–H groups in total. The molecule has 2 atom stereocenters. The Morgan fingerprint density at radius 2 is 1.93 bits per heavy atom. The molecule has 2 saturated heterocycles. The molecule has 158 valence electrons. The highest BCUT2D eigenvalue weighted by Crippen LogP contribution is 2.30. The fraction of sp³-hybridized carbons (Fsp3) is 0.391. The number of ether oxygens (including phenoxy) is 1. The predicted molar refractivity (Wildman–Crippen MR) is 118 cm³/mol. The third-order valence-electron chi connectivity index (χ3n) is 5.79. The van der Waals surface area contributed by atoms with Crippen LogP contribution in [0.4, 0.5) is 11.4 Å². The number of benzene rings is 2. The summed E-state index contributed by atoms with van der Waals surface area (Å²) in [6.45, 7) is 4.47. The second-order valence-electron chi connectivity index (χ2n) is 7.74. The Bertz CT molecular complexity index is 918. The summed E-state index contributed by atoms with van der Waals surface area (Å²) in [5.41, 5.74) is 2.49. The van der Waals surface area contributed by atoms with E-state index in [2.05, 4.69) is 10.2 Å². The molecule has 4 rings (SSSR count). The number of hydrogen-bond acceptors (Lipinski definition) is 4. The highest BCUT2D eigenvalue weighted by atomic mass is 35.5. The lowest BCUT2D eigenvalue weighted by Gasteiger charge is -2.36. The van der Waals surface area contributed by atoms with Gasteiger partial charge in [0.2, 0.25) is 11.8 Å². The maximum atomic E-state index is 13.0. The van der Waals surface area contributed by atoms with Crippen molar-refractivity contribution in [3.63, 3.8) is 0 Å². The minimum Gasteiger partial charge on any atom is -0.371 e. The Balaban J connectivity index is 1.44. The lowest BCUT2D eigenvalue weighted by molar-refractivity contribution is -0.124. The summed E-state index contributed by atoms with van der Waals surface area (Å²) < 4.78 is 5.92. The zero-order valence-corrected chi connectivity index (χ0v) is 17.8. The van der Waals surface area contributed by atoms with Gasteiger partial charge >= 0.3 is 0 Å². The molecule has 7 heteroatoms. The van der Waals surface area contributed by atoms with Crippen molar-refractivity contribution >= 4 is 34.8 Å². The van der Waals surface area contributed by atoms with Crippen LogP contribution in [0.25, 0.3) is 0 Å². The number of anilines is 2. The number of halogens is 1.